The van der Waals surface area contributed by atoms with Gasteiger partial charge in [0.2, 0.25) is 11.8 Å². The lowest BCUT2D eigenvalue weighted by Crippen LogP contribution is -2.51. The van der Waals surface area contributed by atoms with Gasteiger partial charge in [-0.25, -0.2) is 8.42 Å². The predicted octanol–water partition coefficient (Wildman–Crippen LogP) is 6.05. The van der Waals surface area contributed by atoms with Gasteiger partial charge in [0.1, 0.15) is 12.6 Å². The van der Waals surface area contributed by atoms with Gasteiger partial charge >= 0.3 is 0 Å². The Bertz CT molecular complexity index is 1420. The van der Waals surface area contributed by atoms with Crippen molar-refractivity contribution in [2.24, 2.45) is 0 Å². The molecule has 1 N–H and O–H groups in total. The minimum Gasteiger partial charge on any atom is -0.357 e. The molecular formula is C26H25Cl4N3O4S. The van der Waals surface area contributed by atoms with Gasteiger partial charge < -0.3 is 10.2 Å². The van der Waals surface area contributed by atoms with E-state index in [0.717, 1.165) is 4.31 Å². The number of likely N-dealkylation sites (N-methyl/N-ethyl adjacent to an activating group) is 1. The molecule has 1 atom stereocenters. The summed E-state index contributed by atoms with van der Waals surface area (Å²) >= 11 is 24.5. The Hall–Kier alpha value is -2.49. The van der Waals surface area contributed by atoms with Crippen molar-refractivity contribution in [3.8, 4) is 0 Å². The molecule has 0 aliphatic carbocycles. The first-order chi connectivity index (χ1) is 18.0. The van der Waals surface area contributed by atoms with Crippen molar-refractivity contribution < 1.29 is 18.0 Å². The third kappa shape index (κ3) is 6.93. The van der Waals surface area contributed by atoms with E-state index in [1.54, 1.807) is 43.3 Å². The molecule has 0 heterocycles. The number of rotatable bonds is 10. The number of hydrogen-bond donors (Lipinski definition) is 1. The zero-order chi connectivity index (χ0) is 28.0. The summed E-state index contributed by atoms with van der Waals surface area (Å²) in [6, 6.07) is 16.0. The van der Waals surface area contributed by atoms with Gasteiger partial charge in [-0.1, -0.05) is 77.6 Å². The van der Waals surface area contributed by atoms with Crippen LogP contribution in [-0.4, -0.2) is 44.8 Å². The van der Waals surface area contributed by atoms with Gasteiger partial charge in [0, 0.05) is 13.6 Å². The molecule has 3 aromatic carbocycles. The zero-order valence-electron chi connectivity index (χ0n) is 20.5. The number of amides is 2. The molecule has 0 saturated heterocycles. The van der Waals surface area contributed by atoms with Crippen LogP contribution in [0.1, 0.15) is 18.9 Å². The number of anilines is 1. The van der Waals surface area contributed by atoms with Crippen LogP contribution < -0.4 is 9.62 Å². The van der Waals surface area contributed by atoms with E-state index in [-0.39, 0.29) is 38.6 Å². The fourth-order valence-electron chi connectivity index (χ4n) is 3.81. The van der Waals surface area contributed by atoms with Crippen LogP contribution >= 0.6 is 46.4 Å². The molecular weight excluding hydrogens is 592 g/mol. The van der Waals surface area contributed by atoms with Crippen molar-refractivity contribution in [2.45, 2.75) is 30.8 Å². The summed E-state index contributed by atoms with van der Waals surface area (Å²) in [6.07, 6.45) is 0.283. The monoisotopic (exact) mass is 615 g/mol. The first kappa shape index (κ1) is 30.1. The Balaban J connectivity index is 2.08. The van der Waals surface area contributed by atoms with Crippen LogP contribution in [0.25, 0.3) is 0 Å². The lowest BCUT2D eigenvalue weighted by atomic mass is 10.1. The van der Waals surface area contributed by atoms with E-state index in [0.29, 0.717) is 10.6 Å². The number of carbonyl (C=O) groups excluding carboxylic acids is 2. The SMILES string of the molecule is CCC(C(=O)NC)N(Cc1ccc(Cl)c(Cl)c1)C(=O)CN(c1ccc(Cl)c(Cl)c1)S(=O)(=O)c1ccccc1. The molecule has 3 aromatic rings. The van der Waals surface area contributed by atoms with E-state index >= 15 is 0 Å². The summed E-state index contributed by atoms with van der Waals surface area (Å²) in [5, 5.41) is 3.54. The van der Waals surface area contributed by atoms with Gasteiger partial charge in [0.15, 0.2) is 0 Å². The van der Waals surface area contributed by atoms with Gasteiger partial charge in [-0.15, -0.1) is 0 Å². The smallest absolute Gasteiger partial charge is 0.264 e. The number of benzene rings is 3. The molecule has 0 radical (unpaired) electrons. The molecule has 0 saturated carbocycles. The first-order valence-electron chi connectivity index (χ1n) is 11.5. The number of sulfonamides is 1. The summed E-state index contributed by atoms with van der Waals surface area (Å²) in [5.74, 6) is -1.01. The molecule has 0 fully saturated rings. The summed E-state index contributed by atoms with van der Waals surface area (Å²) in [7, 11) is -2.74. The highest BCUT2D eigenvalue weighted by Gasteiger charge is 2.33. The van der Waals surface area contributed by atoms with Gasteiger partial charge in [0.25, 0.3) is 10.0 Å². The van der Waals surface area contributed by atoms with Crippen molar-refractivity contribution in [3.05, 3.63) is 92.4 Å². The second-order valence-electron chi connectivity index (χ2n) is 8.23. The third-order valence-electron chi connectivity index (χ3n) is 5.77. The van der Waals surface area contributed by atoms with E-state index in [1.807, 2.05) is 0 Å². The number of hydrogen-bond acceptors (Lipinski definition) is 4. The van der Waals surface area contributed by atoms with Gasteiger partial charge in [-0.3, -0.25) is 13.9 Å². The minimum atomic E-state index is -4.21. The van der Waals surface area contributed by atoms with Crippen molar-refractivity contribution in [1.29, 1.82) is 0 Å². The molecule has 38 heavy (non-hydrogen) atoms. The van der Waals surface area contributed by atoms with Crippen molar-refractivity contribution in [2.75, 3.05) is 17.9 Å². The van der Waals surface area contributed by atoms with E-state index in [2.05, 4.69) is 5.32 Å². The molecule has 3 rings (SSSR count). The van der Waals surface area contributed by atoms with Crippen molar-refractivity contribution >= 4 is 73.9 Å². The second-order valence-corrected chi connectivity index (χ2v) is 11.7. The van der Waals surface area contributed by atoms with Crippen molar-refractivity contribution in [3.63, 3.8) is 0 Å². The standard InChI is InChI=1S/C26H25Cl4N3O4S/c1-3-24(26(35)31-2)32(15-17-9-11-20(27)22(29)13-17)25(34)16-33(18-10-12-21(28)23(30)14-18)38(36,37)19-7-5-4-6-8-19/h4-14,24H,3,15-16H2,1-2H3,(H,31,35). The number of nitrogens with zero attached hydrogens (tertiary/aromatic N) is 2. The highest BCUT2D eigenvalue weighted by atomic mass is 35.5. The van der Waals surface area contributed by atoms with Gasteiger partial charge in [-0.2, -0.15) is 0 Å². The molecule has 0 bridgehead atoms. The normalized spacial score (nSPS) is 12.1. The maximum absolute atomic E-state index is 13.9. The first-order valence-corrected chi connectivity index (χ1v) is 14.4. The maximum Gasteiger partial charge on any atom is 0.264 e. The average molecular weight is 617 g/mol. The predicted molar refractivity (Wildman–Crippen MR) is 153 cm³/mol. The second kappa shape index (κ2) is 13.0. The summed E-state index contributed by atoms with van der Waals surface area (Å²) in [6.45, 7) is 1.14. The number of nitrogens with one attached hydrogen (secondary N) is 1. The lowest BCUT2D eigenvalue weighted by Gasteiger charge is -2.33. The zero-order valence-corrected chi connectivity index (χ0v) is 24.3. The van der Waals surface area contributed by atoms with Gasteiger partial charge in [0.05, 0.1) is 30.7 Å². The third-order valence-corrected chi connectivity index (χ3v) is 9.04. The van der Waals surface area contributed by atoms with Crippen LogP contribution in [0.5, 0.6) is 0 Å². The minimum absolute atomic E-state index is 0.0117. The molecule has 0 aliphatic heterocycles. The van der Waals surface area contributed by atoms with Gasteiger partial charge in [-0.05, 0) is 54.4 Å². The Morgan fingerprint density at radius 3 is 2.03 bits per heavy atom. The Morgan fingerprint density at radius 2 is 1.47 bits per heavy atom. The van der Waals surface area contributed by atoms with Crippen LogP contribution in [-0.2, 0) is 26.2 Å². The molecule has 7 nitrogen and oxygen atoms in total. The van der Waals surface area contributed by atoms with E-state index in [1.165, 1.54) is 42.3 Å². The molecule has 2 amide bonds. The largest absolute Gasteiger partial charge is 0.357 e. The number of halogens is 4. The van der Waals surface area contributed by atoms with Crippen LogP contribution in [0.15, 0.2) is 71.6 Å². The van der Waals surface area contributed by atoms with E-state index in [4.69, 9.17) is 46.4 Å². The van der Waals surface area contributed by atoms with Crippen LogP contribution in [0, 0.1) is 0 Å². The Kier molecular flexibility index (Phi) is 10.3. The lowest BCUT2D eigenvalue weighted by molar-refractivity contribution is -0.140. The topological polar surface area (TPSA) is 86.8 Å². The molecule has 12 heteroatoms. The molecule has 0 aliphatic rings. The number of carbonyl (C=O) groups is 2. The average Bonchev–Trinajstić information content (AvgIpc) is 2.90. The van der Waals surface area contributed by atoms with Crippen LogP contribution in [0.2, 0.25) is 20.1 Å². The Morgan fingerprint density at radius 1 is 0.868 bits per heavy atom. The van der Waals surface area contributed by atoms with E-state index in [9.17, 15) is 18.0 Å². The molecule has 202 valence electrons. The fraction of sp³-hybridized carbons (Fsp3) is 0.231. The molecule has 0 aromatic heterocycles. The summed E-state index contributed by atoms with van der Waals surface area (Å²) < 4.78 is 28.4. The highest BCUT2D eigenvalue weighted by Crippen LogP contribution is 2.31. The summed E-state index contributed by atoms with van der Waals surface area (Å²) in [5.41, 5.74) is 0.751. The highest BCUT2D eigenvalue weighted by molar-refractivity contribution is 7.92. The Labute approximate surface area is 242 Å². The van der Waals surface area contributed by atoms with Crippen LogP contribution in [0.4, 0.5) is 5.69 Å². The fourth-order valence-corrected chi connectivity index (χ4v) is 5.85. The maximum atomic E-state index is 13.9. The quantitative estimate of drug-likeness (QED) is 0.300. The van der Waals surface area contributed by atoms with Crippen molar-refractivity contribution in [1.82, 2.24) is 10.2 Å². The van der Waals surface area contributed by atoms with E-state index < -0.39 is 34.4 Å². The molecule has 1 unspecified atom stereocenters. The summed E-state index contributed by atoms with van der Waals surface area (Å²) in [4.78, 5) is 27.9. The molecule has 0 spiro atoms. The van der Waals surface area contributed by atoms with Crippen LogP contribution in [0.3, 0.4) is 0 Å².